The second kappa shape index (κ2) is 7.87. The lowest BCUT2D eigenvalue weighted by Crippen LogP contribution is -2.06. The van der Waals surface area contributed by atoms with Crippen LogP contribution >= 0.6 is 0 Å². The molecule has 0 radical (unpaired) electrons. The maximum absolute atomic E-state index is 12.9. The SMILES string of the molecule is O=C(OCc1nc(COc2ccc(F)cc2)no1)c1cccc2ccccc12. The van der Waals surface area contributed by atoms with Crippen molar-refractivity contribution in [2.24, 2.45) is 0 Å². The largest absolute Gasteiger partial charge is 0.485 e. The molecular formula is C21H15FN2O4. The summed E-state index contributed by atoms with van der Waals surface area (Å²) in [6, 6.07) is 18.6. The fourth-order valence-corrected chi connectivity index (χ4v) is 2.69. The van der Waals surface area contributed by atoms with E-state index in [1.165, 1.54) is 24.3 Å². The van der Waals surface area contributed by atoms with Crippen molar-refractivity contribution in [2.45, 2.75) is 13.2 Å². The summed E-state index contributed by atoms with van der Waals surface area (Å²) in [5.74, 6) is 0.114. The van der Waals surface area contributed by atoms with Gasteiger partial charge in [0.25, 0.3) is 5.89 Å². The molecule has 0 aliphatic heterocycles. The van der Waals surface area contributed by atoms with Crippen LogP contribution in [0.25, 0.3) is 10.8 Å². The number of carbonyl (C=O) groups excluding carboxylic acids is 1. The van der Waals surface area contributed by atoms with Gasteiger partial charge in [0, 0.05) is 0 Å². The molecule has 6 nitrogen and oxygen atoms in total. The van der Waals surface area contributed by atoms with Crippen LogP contribution in [0.3, 0.4) is 0 Å². The Balaban J connectivity index is 1.36. The molecule has 0 aliphatic rings. The van der Waals surface area contributed by atoms with Gasteiger partial charge in [-0.2, -0.15) is 4.98 Å². The van der Waals surface area contributed by atoms with E-state index in [0.29, 0.717) is 17.1 Å². The highest BCUT2D eigenvalue weighted by molar-refractivity contribution is 6.04. The minimum atomic E-state index is -0.473. The summed E-state index contributed by atoms with van der Waals surface area (Å²) in [7, 11) is 0. The summed E-state index contributed by atoms with van der Waals surface area (Å²) in [6.07, 6.45) is 0. The minimum absolute atomic E-state index is 0.0480. The number of esters is 1. The lowest BCUT2D eigenvalue weighted by molar-refractivity contribution is 0.0432. The Hall–Kier alpha value is -3.74. The normalized spacial score (nSPS) is 10.8. The van der Waals surface area contributed by atoms with E-state index in [1.807, 2.05) is 30.3 Å². The molecule has 0 N–H and O–H groups in total. The fourth-order valence-electron chi connectivity index (χ4n) is 2.69. The van der Waals surface area contributed by atoms with E-state index in [-0.39, 0.29) is 24.9 Å². The minimum Gasteiger partial charge on any atom is -0.485 e. The van der Waals surface area contributed by atoms with E-state index in [9.17, 15) is 9.18 Å². The maximum atomic E-state index is 12.9. The van der Waals surface area contributed by atoms with E-state index < -0.39 is 5.97 Å². The van der Waals surface area contributed by atoms with Gasteiger partial charge in [0.05, 0.1) is 5.56 Å². The zero-order chi connectivity index (χ0) is 19.3. The van der Waals surface area contributed by atoms with Crippen LogP contribution in [0.15, 0.2) is 71.3 Å². The average molecular weight is 378 g/mol. The lowest BCUT2D eigenvalue weighted by atomic mass is 10.1. The third-order valence-electron chi connectivity index (χ3n) is 4.03. The lowest BCUT2D eigenvalue weighted by Gasteiger charge is -2.05. The Labute approximate surface area is 159 Å². The quantitative estimate of drug-likeness (QED) is 0.466. The maximum Gasteiger partial charge on any atom is 0.339 e. The van der Waals surface area contributed by atoms with Gasteiger partial charge in [0.2, 0.25) is 5.82 Å². The molecule has 1 heterocycles. The Bertz CT molecular complexity index is 1100. The molecular weight excluding hydrogens is 363 g/mol. The molecule has 28 heavy (non-hydrogen) atoms. The van der Waals surface area contributed by atoms with Gasteiger partial charge in [-0.3, -0.25) is 0 Å². The number of halogens is 1. The number of aromatic nitrogens is 2. The monoisotopic (exact) mass is 378 g/mol. The summed E-state index contributed by atoms with van der Waals surface area (Å²) in [4.78, 5) is 16.5. The third kappa shape index (κ3) is 3.98. The average Bonchev–Trinajstić information content (AvgIpc) is 3.19. The molecule has 0 aliphatic carbocycles. The van der Waals surface area contributed by atoms with Crippen LogP contribution in [-0.4, -0.2) is 16.1 Å². The molecule has 0 atom stereocenters. The van der Waals surface area contributed by atoms with Crippen molar-refractivity contribution >= 4 is 16.7 Å². The van der Waals surface area contributed by atoms with Crippen LogP contribution in [0, 0.1) is 5.82 Å². The third-order valence-corrected chi connectivity index (χ3v) is 4.03. The van der Waals surface area contributed by atoms with Gasteiger partial charge in [0.1, 0.15) is 11.6 Å². The fraction of sp³-hybridized carbons (Fsp3) is 0.0952. The van der Waals surface area contributed by atoms with Gasteiger partial charge >= 0.3 is 5.97 Å². The first kappa shape index (κ1) is 17.7. The zero-order valence-electron chi connectivity index (χ0n) is 14.7. The van der Waals surface area contributed by atoms with Gasteiger partial charge in [-0.05, 0) is 41.1 Å². The highest BCUT2D eigenvalue weighted by Crippen LogP contribution is 2.19. The number of carbonyl (C=O) groups is 1. The molecule has 0 spiro atoms. The van der Waals surface area contributed by atoms with Crippen molar-refractivity contribution in [2.75, 3.05) is 0 Å². The predicted molar refractivity (Wildman–Crippen MR) is 98.1 cm³/mol. The highest BCUT2D eigenvalue weighted by Gasteiger charge is 2.14. The van der Waals surface area contributed by atoms with Crippen LogP contribution in [0.5, 0.6) is 5.75 Å². The molecule has 0 bridgehead atoms. The standard InChI is InChI=1S/C21H15FN2O4/c22-15-8-10-16(11-9-15)26-12-19-23-20(28-24-19)13-27-21(25)18-7-3-5-14-4-1-2-6-17(14)18/h1-11H,12-13H2. The second-order valence-electron chi connectivity index (χ2n) is 5.95. The molecule has 0 unspecified atom stereocenters. The summed E-state index contributed by atoms with van der Waals surface area (Å²) >= 11 is 0. The van der Waals surface area contributed by atoms with Gasteiger partial charge in [-0.15, -0.1) is 0 Å². The number of hydrogen-bond donors (Lipinski definition) is 0. The molecule has 7 heteroatoms. The summed E-state index contributed by atoms with van der Waals surface area (Å²) in [6.45, 7) is -0.0992. The Morgan fingerprint density at radius 2 is 1.75 bits per heavy atom. The van der Waals surface area contributed by atoms with E-state index in [4.69, 9.17) is 14.0 Å². The molecule has 3 aromatic carbocycles. The van der Waals surface area contributed by atoms with Crippen molar-refractivity contribution in [1.82, 2.24) is 10.1 Å². The Kier molecular flexibility index (Phi) is 4.97. The zero-order valence-corrected chi connectivity index (χ0v) is 14.7. The number of nitrogens with zero attached hydrogens (tertiary/aromatic N) is 2. The Morgan fingerprint density at radius 1 is 0.964 bits per heavy atom. The Morgan fingerprint density at radius 3 is 2.61 bits per heavy atom. The molecule has 140 valence electrons. The van der Waals surface area contributed by atoms with Crippen molar-refractivity contribution in [3.63, 3.8) is 0 Å². The van der Waals surface area contributed by atoms with Crippen molar-refractivity contribution in [3.8, 4) is 5.75 Å². The first-order valence-corrected chi connectivity index (χ1v) is 8.54. The van der Waals surface area contributed by atoms with E-state index in [0.717, 1.165) is 10.8 Å². The van der Waals surface area contributed by atoms with Crippen LogP contribution in [0.1, 0.15) is 22.1 Å². The molecule has 0 amide bonds. The van der Waals surface area contributed by atoms with Crippen LogP contribution < -0.4 is 4.74 Å². The predicted octanol–water partition coefficient (Wildman–Crippen LogP) is 4.30. The second-order valence-corrected chi connectivity index (χ2v) is 5.95. The molecule has 1 aromatic heterocycles. The molecule has 0 saturated carbocycles. The van der Waals surface area contributed by atoms with E-state index in [1.54, 1.807) is 12.1 Å². The van der Waals surface area contributed by atoms with Crippen molar-refractivity contribution in [3.05, 3.63) is 89.8 Å². The van der Waals surface area contributed by atoms with Gasteiger partial charge in [0.15, 0.2) is 13.2 Å². The number of ether oxygens (including phenoxy) is 2. The van der Waals surface area contributed by atoms with Crippen molar-refractivity contribution < 1.29 is 23.2 Å². The molecule has 4 aromatic rings. The number of hydrogen-bond acceptors (Lipinski definition) is 6. The van der Waals surface area contributed by atoms with Gasteiger partial charge in [-0.25, -0.2) is 9.18 Å². The van der Waals surface area contributed by atoms with Crippen LogP contribution in [-0.2, 0) is 18.0 Å². The number of benzene rings is 3. The van der Waals surface area contributed by atoms with Crippen molar-refractivity contribution in [1.29, 1.82) is 0 Å². The summed E-state index contributed by atoms with van der Waals surface area (Å²) in [5.41, 5.74) is 0.470. The van der Waals surface area contributed by atoms with Gasteiger partial charge in [-0.1, -0.05) is 41.6 Å². The van der Waals surface area contributed by atoms with Crippen LogP contribution in [0.2, 0.25) is 0 Å². The molecule has 0 saturated heterocycles. The summed E-state index contributed by atoms with van der Waals surface area (Å²) in [5, 5.41) is 5.54. The van der Waals surface area contributed by atoms with Crippen LogP contribution in [0.4, 0.5) is 4.39 Å². The van der Waals surface area contributed by atoms with E-state index >= 15 is 0 Å². The number of rotatable bonds is 6. The first-order valence-electron chi connectivity index (χ1n) is 8.54. The number of fused-ring (bicyclic) bond motifs is 1. The van der Waals surface area contributed by atoms with Gasteiger partial charge < -0.3 is 14.0 Å². The summed E-state index contributed by atoms with van der Waals surface area (Å²) < 4.78 is 28.7. The highest BCUT2D eigenvalue weighted by atomic mass is 19.1. The topological polar surface area (TPSA) is 74.5 Å². The molecule has 4 rings (SSSR count). The molecule has 0 fully saturated rings. The first-order chi connectivity index (χ1) is 13.7. The smallest absolute Gasteiger partial charge is 0.339 e. The van der Waals surface area contributed by atoms with E-state index in [2.05, 4.69) is 10.1 Å².